The lowest BCUT2D eigenvalue weighted by atomic mass is 10.1. The number of halogens is 1. The number of carboxylic acid groups (broad SMARTS) is 1. The molecule has 2 rings (SSSR count). The minimum atomic E-state index is -1.23. The van der Waals surface area contributed by atoms with E-state index in [1.165, 1.54) is 7.11 Å². The summed E-state index contributed by atoms with van der Waals surface area (Å²) >= 11 is 6.03. The van der Waals surface area contributed by atoms with Crippen LogP contribution in [0, 0.1) is 6.92 Å². The normalized spacial score (nSPS) is 10.6. The number of methoxy groups -OCH3 is 1. The number of carbonyl (C=O) groups excluding carboxylic acids is 1. The summed E-state index contributed by atoms with van der Waals surface area (Å²) in [6, 6.07) is 3.36. The van der Waals surface area contributed by atoms with Crippen LogP contribution in [0.1, 0.15) is 26.4 Å². The number of benzene rings is 1. The van der Waals surface area contributed by atoms with Gasteiger partial charge in [-0.2, -0.15) is 0 Å². The average Bonchev–Trinajstić information content (AvgIpc) is 2.74. The number of H-pyrrole nitrogens is 1. The second-order valence-corrected chi connectivity index (χ2v) is 4.19. The maximum Gasteiger partial charge on any atom is 0.353 e. The Kier molecular flexibility index (Phi) is 3.00. The van der Waals surface area contributed by atoms with Gasteiger partial charge >= 0.3 is 11.9 Å². The molecule has 5 nitrogen and oxygen atoms in total. The minimum absolute atomic E-state index is 0.0475. The van der Waals surface area contributed by atoms with Crippen molar-refractivity contribution in [2.45, 2.75) is 6.92 Å². The van der Waals surface area contributed by atoms with Crippen LogP contribution < -0.4 is 0 Å². The predicted octanol–water partition coefficient (Wildman–Crippen LogP) is 2.61. The fraction of sp³-hybridized carbons (Fsp3) is 0.167. The molecule has 0 aliphatic heterocycles. The number of hydrogen-bond acceptors (Lipinski definition) is 3. The summed E-state index contributed by atoms with van der Waals surface area (Å²) < 4.78 is 4.61. The topological polar surface area (TPSA) is 79.4 Å². The number of hydrogen-bond donors (Lipinski definition) is 2. The fourth-order valence-electron chi connectivity index (χ4n) is 1.87. The first-order valence-corrected chi connectivity index (χ1v) is 5.47. The number of fused-ring (bicyclic) bond motifs is 1. The molecule has 0 bridgehead atoms. The third-order valence-corrected chi connectivity index (χ3v) is 3.03. The summed E-state index contributed by atoms with van der Waals surface area (Å²) in [5.41, 5.74) is 1.06. The van der Waals surface area contributed by atoms with E-state index < -0.39 is 11.9 Å². The summed E-state index contributed by atoms with van der Waals surface area (Å²) in [7, 11) is 1.19. The number of carboxylic acids is 1. The van der Waals surface area contributed by atoms with Crippen LogP contribution in [0.15, 0.2) is 12.1 Å². The van der Waals surface area contributed by atoms with Gasteiger partial charge in [-0.25, -0.2) is 9.59 Å². The Morgan fingerprint density at radius 2 is 2.06 bits per heavy atom. The van der Waals surface area contributed by atoms with Crippen LogP contribution in [-0.4, -0.2) is 29.1 Å². The molecule has 2 aromatic rings. The molecule has 0 saturated carbocycles. The van der Waals surface area contributed by atoms with Gasteiger partial charge in [0.15, 0.2) is 0 Å². The number of carbonyl (C=O) groups is 2. The molecule has 0 aliphatic carbocycles. The van der Waals surface area contributed by atoms with Crippen molar-refractivity contribution in [2.24, 2.45) is 0 Å². The van der Waals surface area contributed by atoms with Gasteiger partial charge in [0.2, 0.25) is 0 Å². The van der Waals surface area contributed by atoms with Crippen LogP contribution in [0.5, 0.6) is 0 Å². The lowest BCUT2D eigenvalue weighted by Crippen LogP contribution is -2.08. The molecule has 0 amide bonds. The van der Waals surface area contributed by atoms with Gasteiger partial charge in [-0.15, -0.1) is 0 Å². The van der Waals surface area contributed by atoms with Crippen molar-refractivity contribution in [2.75, 3.05) is 7.11 Å². The molecule has 0 saturated heterocycles. The number of aryl methyl sites for hydroxylation is 1. The Morgan fingerprint density at radius 3 is 2.61 bits per heavy atom. The Morgan fingerprint density at radius 1 is 1.39 bits per heavy atom. The van der Waals surface area contributed by atoms with Gasteiger partial charge in [0.25, 0.3) is 0 Å². The van der Waals surface area contributed by atoms with Crippen molar-refractivity contribution in [3.8, 4) is 0 Å². The zero-order chi connectivity index (χ0) is 13.4. The molecule has 0 radical (unpaired) electrons. The third kappa shape index (κ3) is 1.73. The van der Waals surface area contributed by atoms with Crippen LogP contribution >= 0.6 is 11.6 Å². The van der Waals surface area contributed by atoms with Crippen LogP contribution in [0.2, 0.25) is 5.02 Å². The first kappa shape index (κ1) is 12.4. The number of aromatic amines is 1. The van der Waals surface area contributed by atoms with Gasteiger partial charge in [-0.05, 0) is 18.6 Å². The highest BCUT2D eigenvalue weighted by Gasteiger charge is 2.25. The minimum Gasteiger partial charge on any atom is -0.477 e. The molecule has 0 fully saturated rings. The molecule has 1 heterocycles. The Bertz CT molecular complexity index is 660. The lowest BCUT2D eigenvalue weighted by Gasteiger charge is -2.01. The zero-order valence-corrected chi connectivity index (χ0v) is 10.5. The lowest BCUT2D eigenvalue weighted by molar-refractivity contribution is 0.0584. The molecular formula is C12H10ClNO4. The SMILES string of the molecule is COC(=O)c1c(C(=O)O)[nH]c2c(C)ccc(Cl)c12. The van der Waals surface area contributed by atoms with Crippen molar-refractivity contribution < 1.29 is 19.4 Å². The molecule has 1 aromatic carbocycles. The molecule has 6 heteroatoms. The molecule has 0 aliphatic rings. The Labute approximate surface area is 107 Å². The van der Waals surface area contributed by atoms with Gasteiger partial charge in [-0.1, -0.05) is 17.7 Å². The second kappa shape index (κ2) is 4.34. The Hall–Kier alpha value is -2.01. The maximum atomic E-state index is 11.7. The summed E-state index contributed by atoms with van der Waals surface area (Å²) in [6.45, 7) is 1.79. The van der Waals surface area contributed by atoms with Crippen LogP contribution in [-0.2, 0) is 4.74 Å². The van der Waals surface area contributed by atoms with Gasteiger partial charge in [0.1, 0.15) is 11.3 Å². The molecule has 18 heavy (non-hydrogen) atoms. The summed E-state index contributed by atoms with van der Waals surface area (Å²) in [5, 5.41) is 9.79. The highest BCUT2D eigenvalue weighted by molar-refractivity contribution is 6.37. The van der Waals surface area contributed by atoms with E-state index >= 15 is 0 Å². The van der Waals surface area contributed by atoms with Crippen LogP contribution in [0.4, 0.5) is 0 Å². The van der Waals surface area contributed by atoms with Crippen LogP contribution in [0.3, 0.4) is 0 Å². The highest BCUT2D eigenvalue weighted by Crippen LogP contribution is 2.32. The number of esters is 1. The zero-order valence-electron chi connectivity index (χ0n) is 9.70. The summed E-state index contributed by atoms with van der Waals surface area (Å²) in [4.78, 5) is 25.6. The molecular weight excluding hydrogens is 258 g/mol. The van der Waals surface area contributed by atoms with E-state index in [4.69, 9.17) is 16.7 Å². The van der Waals surface area contributed by atoms with Gasteiger partial charge in [0.05, 0.1) is 17.6 Å². The summed E-state index contributed by atoms with van der Waals surface area (Å²) in [6.07, 6.45) is 0. The third-order valence-electron chi connectivity index (χ3n) is 2.72. The predicted molar refractivity (Wildman–Crippen MR) is 66.3 cm³/mol. The second-order valence-electron chi connectivity index (χ2n) is 3.79. The number of nitrogens with one attached hydrogen (secondary N) is 1. The monoisotopic (exact) mass is 267 g/mol. The Balaban J connectivity index is 2.94. The van der Waals surface area contributed by atoms with Crippen molar-refractivity contribution in [1.82, 2.24) is 4.98 Å². The number of aromatic carboxylic acids is 1. The fourth-order valence-corrected chi connectivity index (χ4v) is 2.12. The van der Waals surface area contributed by atoms with Crippen molar-refractivity contribution in [3.63, 3.8) is 0 Å². The largest absolute Gasteiger partial charge is 0.477 e. The average molecular weight is 268 g/mol. The van der Waals surface area contributed by atoms with Crippen molar-refractivity contribution in [3.05, 3.63) is 34.0 Å². The first-order valence-electron chi connectivity index (χ1n) is 5.09. The molecule has 94 valence electrons. The van der Waals surface area contributed by atoms with Crippen LogP contribution in [0.25, 0.3) is 10.9 Å². The van der Waals surface area contributed by atoms with E-state index in [2.05, 4.69) is 9.72 Å². The molecule has 1 aromatic heterocycles. The van der Waals surface area contributed by atoms with Crippen molar-refractivity contribution in [1.29, 1.82) is 0 Å². The maximum absolute atomic E-state index is 11.7. The standard InChI is InChI=1S/C12H10ClNO4/c1-5-3-4-6(13)7-8(12(17)18-2)10(11(15)16)14-9(5)7/h3-4,14H,1-2H3,(H,15,16). The molecule has 0 atom stereocenters. The van der Waals surface area contributed by atoms with E-state index in [0.717, 1.165) is 5.56 Å². The quantitative estimate of drug-likeness (QED) is 0.820. The van der Waals surface area contributed by atoms with E-state index in [9.17, 15) is 9.59 Å². The molecule has 0 spiro atoms. The highest BCUT2D eigenvalue weighted by atomic mass is 35.5. The number of aromatic nitrogens is 1. The number of ether oxygens (including phenoxy) is 1. The van der Waals surface area contributed by atoms with E-state index in [0.29, 0.717) is 15.9 Å². The van der Waals surface area contributed by atoms with Gasteiger partial charge in [-0.3, -0.25) is 0 Å². The van der Waals surface area contributed by atoms with Crippen molar-refractivity contribution >= 4 is 34.4 Å². The first-order chi connectivity index (χ1) is 8.47. The molecule has 0 unspecified atom stereocenters. The van der Waals surface area contributed by atoms with Gasteiger partial charge < -0.3 is 14.8 Å². The summed E-state index contributed by atoms with van der Waals surface area (Å²) in [5.74, 6) is -1.96. The smallest absolute Gasteiger partial charge is 0.353 e. The van der Waals surface area contributed by atoms with E-state index in [1.54, 1.807) is 19.1 Å². The number of rotatable bonds is 2. The van der Waals surface area contributed by atoms with E-state index in [1.807, 2.05) is 0 Å². The molecule has 2 N–H and O–H groups in total. The van der Waals surface area contributed by atoms with E-state index in [-0.39, 0.29) is 11.3 Å². The van der Waals surface area contributed by atoms with Gasteiger partial charge in [0, 0.05) is 5.39 Å².